The summed E-state index contributed by atoms with van der Waals surface area (Å²) in [6.07, 6.45) is 3.02. The quantitative estimate of drug-likeness (QED) is 0.481. The normalized spacial score (nSPS) is 13.9. The highest BCUT2D eigenvalue weighted by atomic mass is 14.6. The van der Waals surface area contributed by atoms with Crippen molar-refractivity contribution in [1.82, 2.24) is 0 Å². The minimum Gasteiger partial charge on any atom is -0.325 e. The average molecular weight is 96.1 g/mol. The topological polar surface area (TPSA) is 49.8 Å². The van der Waals surface area contributed by atoms with E-state index in [1.54, 1.807) is 6.08 Å². The van der Waals surface area contributed by atoms with E-state index in [-0.39, 0.29) is 6.04 Å². The van der Waals surface area contributed by atoms with Crippen molar-refractivity contribution in [2.45, 2.75) is 13.0 Å². The van der Waals surface area contributed by atoms with Gasteiger partial charge < -0.3 is 5.73 Å². The first kappa shape index (κ1) is 6.19. The molecule has 0 amide bonds. The molecule has 0 saturated heterocycles. The molecule has 0 saturated carbocycles. The maximum atomic E-state index is 7.92. The van der Waals surface area contributed by atoms with Gasteiger partial charge in [0.25, 0.3) is 0 Å². The molecule has 0 unspecified atom stereocenters. The second-order valence-electron chi connectivity index (χ2n) is 1.35. The summed E-state index contributed by atoms with van der Waals surface area (Å²) in [6, 6.07) is 1.84. The van der Waals surface area contributed by atoms with Crippen LogP contribution >= 0.6 is 0 Å². The highest BCUT2D eigenvalue weighted by molar-refractivity contribution is 5.04. The summed E-state index contributed by atoms with van der Waals surface area (Å²) in [5.41, 5.74) is 5.24. The lowest BCUT2D eigenvalue weighted by atomic mass is 10.3. The summed E-state index contributed by atoms with van der Waals surface area (Å²) < 4.78 is 0. The number of nitriles is 1. The molecule has 0 spiro atoms. The van der Waals surface area contributed by atoms with Gasteiger partial charge in [0.15, 0.2) is 0 Å². The van der Waals surface area contributed by atoms with Gasteiger partial charge in [0.2, 0.25) is 0 Å². The zero-order valence-corrected chi connectivity index (χ0v) is 4.26. The molecule has 0 aliphatic rings. The molecule has 0 rings (SSSR count). The van der Waals surface area contributed by atoms with Crippen molar-refractivity contribution in [1.29, 1.82) is 5.26 Å². The molecule has 0 aliphatic heterocycles. The third-order valence-electron chi connectivity index (χ3n) is 0.474. The van der Waals surface area contributed by atoms with Crippen LogP contribution in [0, 0.1) is 11.3 Å². The van der Waals surface area contributed by atoms with Crippen molar-refractivity contribution in [3.63, 3.8) is 0 Å². The van der Waals surface area contributed by atoms with Gasteiger partial charge in [0.1, 0.15) is 0 Å². The first-order valence-corrected chi connectivity index (χ1v) is 2.09. The van der Waals surface area contributed by atoms with E-state index in [9.17, 15) is 0 Å². The lowest BCUT2D eigenvalue weighted by Gasteiger charge is -1.87. The molecule has 0 fully saturated rings. The second kappa shape index (κ2) is 3.38. The van der Waals surface area contributed by atoms with Crippen molar-refractivity contribution in [3.05, 3.63) is 12.2 Å². The SMILES string of the molecule is C[C@@H](N)/C=C/C#N. The number of rotatable bonds is 1. The number of hydrogen-bond donors (Lipinski definition) is 1. The van der Waals surface area contributed by atoms with Crippen LogP contribution in [0.15, 0.2) is 12.2 Å². The molecule has 0 bridgehead atoms. The van der Waals surface area contributed by atoms with Gasteiger partial charge in [-0.2, -0.15) is 5.26 Å². The van der Waals surface area contributed by atoms with Gasteiger partial charge in [0, 0.05) is 12.1 Å². The van der Waals surface area contributed by atoms with Crippen LogP contribution in [-0.2, 0) is 0 Å². The number of nitrogens with zero attached hydrogens (tertiary/aromatic N) is 1. The van der Waals surface area contributed by atoms with Crippen LogP contribution in [0.3, 0.4) is 0 Å². The minimum absolute atomic E-state index is 0.000324. The van der Waals surface area contributed by atoms with E-state index in [4.69, 9.17) is 11.0 Å². The van der Waals surface area contributed by atoms with E-state index < -0.39 is 0 Å². The third kappa shape index (κ3) is 5.19. The van der Waals surface area contributed by atoms with Gasteiger partial charge in [-0.3, -0.25) is 0 Å². The zero-order valence-electron chi connectivity index (χ0n) is 4.26. The zero-order chi connectivity index (χ0) is 5.70. The van der Waals surface area contributed by atoms with Gasteiger partial charge >= 0.3 is 0 Å². The van der Waals surface area contributed by atoms with E-state index in [0.717, 1.165) is 0 Å². The van der Waals surface area contributed by atoms with Gasteiger partial charge in [-0.15, -0.1) is 0 Å². The van der Waals surface area contributed by atoms with E-state index >= 15 is 0 Å². The Bertz CT molecular complexity index is 97.1. The monoisotopic (exact) mass is 96.1 g/mol. The summed E-state index contributed by atoms with van der Waals surface area (Å²) >= 11 is 0. The Labute approximate surface area is 43.2 Å². The summed E-state index contributed by atoms with van der Waals surface area (Å²) in [4.78, 5) is 0. The molecule has 0 heterocycles. The molecule has 1 atom stereocenters. The summed E-state index contributed by atoms with van der Waals surface area (Å²) in [6.45, 7) is 1.81. The second-order valence-corrected chi connectivity index (χ2v) is 1.35. The third-order valence-corrected chi connectivity index (χ3v) is 0.474. The van der Waals surface area contributed by atoms with Gasteiger partial charge in [-0.1, -0.05) is 6.08 Å². The molecule has 7 heavy (non-hydrogen) atoms. The fourth-order valence-electron chi connectivity index (χ4n) is 0.195. The van der Waals surface area contributed by atoms with Crippen molar-refractivity contribution in [2.75, 3.05) is 0 Å². The van der Waals surface area contributed by atoms with Crippen LogP contribution in [0.1, 0.15) is 6.92 Å². The summed E-state index contributed by atoms with van der Waals surface area (Å²) in [7, 11) is 0. The maximum absolute atomic E-state index is 7.92. The molecule has 0 aromatic carbocycles. The lowest BCUT2D eigenvalue weighted by Crippen LogP contribution is -2.09. The Morgan fingerprint density at radius 2 is 2.43 bits per heavy atom. The largest absolute Gasteiger partial charge is 0.325 e. The molecular weight excluding hydrogens is 88.1 g/mol. The molecule has 2 N–H and O–H groups in total. The Kier molecular flexibility index (Phi) is 2.99. The molecule has 2 nitrogen and oxygen atoms in total. The van der Waals surface area contributed by atoms with Crippen LogP contribution in [-0.4, -0.2) is 6.04 Å². The minimum atomic E-state index is -0.000324. The fourth-order valence-corrected chi connectivity index (χ4v) is 0.195. The van der Waals surface area contributed by atoms with E-state index in [1.807, 2.05) is 13.0 Å². The predicted octanol–water partition coefficient (Wildman–Crippen LogP) is 0.413. The summed E-state index contributed by atoms with van der Waals surface area (Å²) in [5, 5.41) is 7.92. The molecule has 38 valence electrons. The molecule has 0 aromatic rings. The number of hydrogen-bond acceptors (Lipinski definition) is 2. The maximum Gasteiger partial charge on any atom is 0.0909 e. The fraction of sp³-hybridized carbons (Fsp3) is 0.400. The van der Waals surface area contributed by atoms with Crippen molar-refractivity contribution in [2.24, 2.45) is 5.73 Å². The first-order valence-electron chi connectivity index (χ1n) is 2.09. The van der Waals surface area contributed by atoms with Gasteiger partial charge in [-0.25, -0.2) is 0 Å². The first-order chi connectivity index (χ1) is 3.27. The Hall–Kier alpha value is -0.810. The Morgan fingerprint density at radius 1 is 1.86 bits per heavy atom. The van der Waals surface area contributed by atoms with Crippen LogP contribution < -0.4 is 5.73 Å². The summed E-state index contributed by atoms with van der Waals surface area (Å²) in [5.74, 6) is 0. The van der Waals surface area contributed by atoms with Crippen molar-refractivity contribution < 1.29 is 0 Å². The molecule has 0 radical (unpaired) electrons. The lowest BCUT2D eigenvalue weighted by molar-refractivity contribution is 0.926. The van der Waals surface area contributed by atoms with Crippen LogP contribution in [0.2, 0.25) is 0 Å². The van der Waals surface area contributed by atoms with Crippen molar-refractivity contribution >= 4 is 0 Å². The van der Waals surface area contributed by atoms with Gasteiger partial charge in [0.05, 0.1) is 6.07 Å². The van der Waals surface area contributed by atoms with Crippen LogP contribution in [0.25, 0.3) is 0 Å². The highest BCUT2D eigenvalue weighted by Gasteiger charge is 1.78. The Morgan fingerprint density at radius 3 is 2.57 bits per heavy atom. The smallest absolute Gasteiger partial charge is 0.0909 e. The highest BCUT2D eigenvalue weighted by Crippen LogP contribution is 1.74. The number of allylic oxidation sites excluding steroid dienone is 1. The van der Waals surface area contributed by atoms with Crippen molar-refractivity contribution in [3.8, 4) is 6.07 Å². The van der Waals surface area contributed by atoms with Crippen LogP contribution in [0.5, 0.6) is 0 Å². The number of nitrogens with two attached hydrogens (primary N) is 1. The molecule has 0 aromatic heterocycles. The molecule has 2 heteroatoms. The van der Waals surface area contributed by atoms with E-state index in [2.05, 4.69) is 0 Å². The molecule has 0 aliphatic carbocycles. The average Bonchev–Trinajstić information content (AvgIpc) is 1.61. The van der Waals surface area contributed by atoms with Crippen LogP contribution in [0.4, 0.5) is 0 Å². The Balaban J connectivity index is 3.31. The van der Waals surface area contributed by atoms with E-state index in [1.165, 1.54) is 6.08 Å². The predicted molar refractivity (Wildman–Crippen MR) is 28.4 cm³/mol. The molecular formula is C5H8N2. The van der Waals surface area contributed by atoms with E-state index in [0.29, 0.717) is 0 Å². The van der Waals surface area contributed by atoms with Gasteiger partial charge in [-0.05, 0) is 6.92 Å². The standard InChI is InChI=1S/C5H8N2/c1-5(7)3-2-4-6/h2-3,5H,7H2,1H3/b3-2+/t5-/m1/s1.